The first-order chi connectivity index (χ1) is 11.1. The van der Waals surface area contributed by atoms with Crippen LogP contribution in [-0.4, -0.2) is 23.8 Å². The first-order valence-electron chi connectivity index (χ1n) is 9.58. The van der Waals surface area contributed by atoms with Crippen molar-refractivity contribution in [3.63, 3.8) is 0 Å². The van der Waals surface area contributed by atoms with Gasteiger partial charge >= 0.3 is 5.97 Å². The summed E-state index contributed by atoms with van der Waals surface area (Å²) >= 11 is 0. The third-order valence-corrected chi connectivity index (χ3v) is 4.15. The van der Waals surface area contributed by atoms with Crippen LogP contribution in [0.4, 0.5) is 0 Å². The largest absolute Gasteiger partial charge is 0.462 e. The normalized spacial score (nSPS) is 12.1. The van der Waals surface area contributed by atoms with E-state index in [0.29, 0.717) is 12.2 Å². The Hall–Kier alpha value is -0.830. The fourth-order valence-corrected chi connectivity index (χ4v) is 2.61. The smallest absolute Gasteiger partial charge is 0.333 e. The van der Waals surface area contributed by atoms with Crippen LogP contribution in [0.5, 0.6) is 0 Å². The third kappa shape index (κ3) is 15.8. The number of hydrogen-bond acceptors (Lipinski definition) is 3. The van der Waals surface area contributed by atoms with E-state index in [1.165, 1.54) is 51.4 Å². The van der Waals surface area contributed by atoms with Gasteiger partial charge in [-0.1, -0.05) is 77.7 Å². The number of ether oxygens (including phenoxy) is 1. The molecule has 3 nitrogen and oxygen atoms in total. The van der Waals surface area contributed by atoms with Crippen LogP contribution >= 0.6 is 0 Å². The number of unbranched alkanes of at least 4 members (excludes halogenated alkanes) is 9. The maximum atomic E-state index is 11.2. The lowest BCUT2D eigenvalue weighted by Crippen LogP contribution is -2.06. The van der Waals surface area contributed by atoms with Crippen molar-refractivity contribution < 1.29 is 14.6 Å². The lowest BCUT2D eigenvalue weighted by Gasteiger charge is -2.09. The van der Waals surface area contributed by atoms with E-state index in [9.17, 15) is 9.90 Å². The van der Waals surface area contributed by atoms with E-state index in [-0.39, 0.29) is 12.1 Å². The minimum Gasteiger partial charge on any atom is -0.462 e. The molecule has 0 aliphatic rings. The van der Waals surface area contributed by atoms with Crippen molar-refractivity contribution in [2.75, 3.05) is 6.61 Å². The SMILES string of the molecule is C=C(C)C(=O)OCCCCCCCCCCC(O)CCCCC. The molecule has 0 saturated carbocycles. The lowest BCUT2D eigenvalue weighted by atomic mass is 10.0. The van der Waals surface area contributed by atoms with Gasteiger partial charge in [-0.25, -0.2) is 4.79 Å². The third-order valence-electron chi connectivity index (χ3n) is 4.15. The summed E-state index contributed by atoms with van der Waals surface area (Å²) in [4.78, 5) is 11.2. The molecule has 0 radical (unpaired) electrons. The predicted molar refractivity (Wildman–Crippen MR) is 97.5 cm³/mol. The van der Waals surface area contributed by atoms with Gasteiger partial charge in [0.1, 0.15) is 0 Å². The Balaban J connectivity index is 3.19. The molecule has 0 aromatic heterocycles. The summed E-state index contributed by atoms with van der Waals surface area (Å²) in [5.74, 6) is -0.276. The molecule has 0 bridgehead atoms. The van der Waals surface area contributed by atoms with Gasteiger partial charge in [-0.3, -0.25) is 0 Å². The lowest BCUT2D eigenvalue weighted by molar-refractivity contribution is -0.139. The summed E-state index contributed by atoms with van der Waals surface area (Å²) in [6.07, 6.45) is 15.0. The molecule has 0 saturated heterocycles. The Kier molecular flexibility index (Phi) is 15.5. The van der Waals surface area contributed by atoms with E-state index in [1.54, 1.807) is 6.92 Å². The van der Waals surface area contributed by atoms with Gasteiger partial charge in [0.25, 0.3) is 0 Å². The van der Waals surface area contributed by atoms with Crippen molar-refractivity contribution in [2.45, 2.75) is 103 Å². The van der Waals surface area contributed by atoms with Gasteiger partial charge in [-0.2, -0.15) is 0 Å². The number of esters is 1. The van der Waals surface area contributed by atoms with E-state index < -0.39 is 0 Å². The molecule has 23 heavy (non-hydrogen) atoms. The van der Waals surface area contributed by atoms with Gasteiger partial charge in [0.2, 0.25) is 0 Å². The van der Waals surface area contributed by atoms with Gasteiger partial charge in [-0.15, -0.1) is 0 Å². The summed E-state index contributed by atoms with van der Waals surface area (Å²) in [5, 5.41) is 9.83. The monoisotopic (exact) mass is 326 g/mol. The Morgan fingerprint density at radius 1 is 0.913 bits per heavy atom. The molecule has 0 fully saturated rings. The number of aliphatic hydroxyl groups is 1. The molecule has 136 valence electrons. The second kappa shape index (κ2) is 16.0. The molecule has 0 aromatic carbocycles. The molecule has 0 amide bonds. The molecule has 0 heterocycles. The van der Waals surface area contributed by atoms with Crippen molar-refractivity contribution in [3.8, 4) is 0 Å². The van der Waals surface area contributed by atoms with Gasteiger partial charge in [0, 0.05) is 5.57 Å². The van der Waals surface area contributed by atoms with Gasteiger partial charge in [-0.05, 0) is 26.2 Å². The zero-order chi connectivity index (χ0) is 17.3. The fraction of sp³-hybridized carbons (Fsp3) is 0.850. The summed E-state index contributed by atoms with van der Waals surface area (Å²) in [5.41, 5.74) is 0.473. The molecular weight excluding hydrogens is 288 g/mol. The highest BCUT2D eigenvalue weighted by molar-refractivity contribution is 5.86. The quantitative estimate of drug-likeness (QED) is 0.229. The van der Waals surface area contributed by atoms with Gasteiger partial charge in [0.15, 0.2) is 0 Å². The molecule has 1 atom stereocenters. The highest BCUT2D eigenvalue weighted by atomic mass is 16.5. The molecule has 0 aliphatic carbocycles. The predicted octanol–water partition coefficient (Wildman–Crippen LogP) is 5.56. The summed E-state index contributed by atoms with van der Waals surface area (Å²) < 4.78 is 5.06. The topological polar surface area (TPSA) is 46.5 Å². The van der Waals surface area contributed by atoms with Crippen LogP contribution in [0.15, 0.2) is 12.2 Å². The fourth-order valence-electron chi connectivity index (χ4n) is 2.61. The Bertz CT molecular complexity index is 299. The Morgan fingerprint density at radius 3 is 1.91 bits per heavy atom. The summed E-state index contributed by atoms with van der Waals surface area (Å²) in [6, 6.07) is 0. The van der Waals surface area contributed by atoms with E-state index in [0.717, 1.165) is 32.1 Å². The van der Waals surface area contributed by atoms with Crippen molar-refractivity contribution in [3.05, 3.63) is 12.2 Å². The summed E-state index contributed by atoms with van der Waals surface area (Å²) in [6.45, 7) is 7.94. The maximum absolute atomic E-state index is 11.2. The Morgan fingerprint density at radius 2 is 1.39 bits per heavy atom. The van der Waals surface area contributed by atoms with E-state index >= 15 is 0 Å². The summed E-state index contributed by atoms with van der Waals surface area (Å²) in [7, 11) is 0. The number of rotatable bonds is 16. The first-order valence-corrected chi connectivity index (χ1v) is 9.58. The molecule has 1 unspecified atom stereocenters. The standard InChI is InChI=1S/C20H38O3/c1-4-5-12-15-19(21)16-13-10-8-6-7-9-11-14-17-23-20(22)18(2)3/h19,21H,2,4-17H2,1,3H3. The minimum atomic E-state index is -0.276. The molecule has 0 spiro atoms. The van der Waals surface area contributed by atoms with Crippen molar-refractivity contribution in [2.24, 2.45) is 0 Å². The van der Waals surface area contributed by atoms with Crippen LogP contribution in [0, 0.1) is 0 Å². The number of hydrogen-bond donors (Lipinski definition) is 1. The number of carbonyl (C=O) groups excluding carboxylic acids is 1. The van der Waals surface area contributed by atoms with Crippen LogP contribution in [0.2, 0.25) is 0 Å². The number of carbonyl (C=O) groups is 1. The van der Waals surface area contributed by atoms with E-state index in [2.05, 4.69) is 13.5 Å². The average Bonchev–Trinajstić information content (AvgIpc) is 2.52. The Labute approximate surface area is 143 Å². The van der Waals surface area contributed by atoms with Crippen LogP contribution in [0.25, 0.3) is 0 Å². The first kappa shape index (κ1) is 22.2. The highest BCUT2D eigenvalue weighted by Crippen LogP contribution is 2.13. The second-order valence-electron chi connectivity index (χ2n) is 6.68. The molecule has 1 N–H and O–H groups in total. The maximum Gasteiger partial charge on any atom is 0.333 e. The molecule has 0 aliphatic heterocycles. The minimum absolute atomic E-state index is 0.0801. The van der Waals surface area contributed by atoms with Crippen LogP contribution in [0.3, 0.4) is 0 Å². The van der Waals surface area contributed by atoms with Gasteiger partial charge in [0.05, 0.1) is 12.7 Å². The zero-order valence-electron chi connectivity index (χ0n) is 15.4. The molecular formula is C20H38O3. The second-order valence-corrected chi connectivity index (χ2v) is 6.68. The molecule has 0 aromatic rings. The van der Waals surface area contributed by atoms with Crippen LogP contribution in [0.1, 0.15) is 97.3 Å². The molecule has 3 heteroatoms. The molecule has 0 rings (SSSR count). The van der Waals surface area contributed by atoms with E-state index in [1.807, 2.05) is 0 Å². The highest BCUT2D eigenvalue weighted by Gasteiger charge is 2.03. The van der Waals surface area contributed by atoms with Crippen molar-refractivity contribution in [1.29, 1.82) is 0 Å². The number of aliphatic hydroxyl groups excluding tert-OH is 1. The van der Waals surface area contributed by atoms with E-state index in [4.69, 9.17) is 4.74 Å². The van der Waals surface area contributed by atoms with Gasteiger partial charge < -0.3 is 9.84 Å². The van der Waals surface area contributed by atoms with Crippen LogP contribution in [-0.2, 0) is 9.53 Å². The van der Waals surface area contributed by atoms with Crippen molar-refractivity contribution >= 4 is 5.97 Å². The van der Waals surface area contributed by atoms with Crippen LogP contribution < -0.4 is 0 Å². The zero-order valence-corrected chi connectivity index (χ0v) is 15.4. The average molecular weight is 327 g/mol. The van der Waals surface area contributed by atoms with Crippen molar-refractivity contribution in [1.82, 2.24) is 0 Å².